The highest BCUT2D eigenvalue weighted by Crippen LogP contribution is 2.33. The molecular formula is C15H9ClFNO. The second-order valence-corrected chi connectivity index (χ2v) is 4.55. The average molecular weight is 274 g/mol. The van der Waals surface area contributed by atoms with E-state index < -0.39 is 11.4 Å². The number of aromatic amines is 1. The van der Waals surface area contributed by atoms with Crippen molar-refractivity contribution in [3.8, 4) is 11.1 Å². The van der Waals surface area contributed by atoms with Crippen molar-refractivity contribution in [3.05, 3.63) is 69.7 Å². The minimum absolute atomic E-state index is 0.00352. The van der Waals surface area contributed by atoms with Gasteiger partial charge in [-0.1, -0.05) is 48.0 Å². The number of para-hydroxylation sites is 1. The van der Waals surface area contributed by atoms with Crippen LogP contribution >= 0.6 is 11.6 Å². The molecule has 1 N–H and O–H groups in total. The quantitative estimate of drug-likeness (QED) is 0.714. The van der Waals surface area contributed by atoms with Crippen molar-refractivity contribution < 1.29 is 4.39 Å². The Morgan fingerprint density at radius 3 is 2.47 bits per heavy atom. The molecule has 0 saturated heterocycles. The van der Waals surface area contributed by atoms with Gasteiger partial charge in [0.2, 0.25) is 0 Å². The Hall–Kier alpha value is -2.13. The predicted molar refractivity (Wildman–Crippen MR) is 75.0 cm³/mol. The first-order valence-corrected chi connectivity index (χ1v) is 6.11. The van der Waals surface area contributed by atoms with Crippen LogP contribution in [0.3, 0.4) is 0 Å². The molecule has 94 valence electrons. The van der Waals surface area contributed by atoms with Gasteiger partial charge in [0, 0.05) is 22.0 Å². The topological polar surface area (TPSA) is 32.9 Å². The van der Waals surface area contributed by atoms with Crippen molar-refractivity contribution in [1.29, 1.82) is 0 Å². The maximum Gasteiger partial charge on any atom is 0.267 e. The molecule has 4 heteroatoms. The summed E-state index contributed by atoms with van der Waals surface area (Å²) in [6.45, 7) is 0. The number of fused-ring (bicyclic) bond motifs is 1. The highest BCUT2D eigenvalue weighted by atomic mass is 35.5. The van der Waals surface area contributed by atoms with Gasteiger partial charge in [-0.05, 0) is 12.1 Å². The number of nitrogens with one attached hydrogen (secondary N) is 1. The second-order valence-electron chi connectivity index (χ2n) is 4.17. The van der Waals surface area contributed by atoms with E-state index in [4.69, 9.17) is 11.6 Å². The van der Waals surface area contributed by atoms with E-state index in [9.17, 15) is 9.18 Å². The van der Waals surface area contributed by atoms with Gasteiger partial charge >= 0.3 is 0 Å². The van der Waals surface area contributed by atoms with Gasteiger partial charge in [0.05, 0.1) is 0 Å². The first-order valence-electron chi connectivity index (χ1n) is 5.74. The summed E-state index contributed by atoms with van der Waals surface area (Å²) in [5.41, 5.74) is 0.975. The molecule has 0 bridgehead atoms. The molecule has 1 heterocycles. The fourth-order valence-electron chi connectivity index (χ4n) is 2.15. The van der Waals surface area contributed by atoms with Crippen LogP contribution in [0.2, 0.25) is 5.02 Å². The number of aromatic nitrogens is 1. The monoisotopic (exact) mass is 273 g/mol. The van der Waals surface area contributed by atoms with Gasteiger partial charge in [-0.2, -0.15) is 0 Å². The molecule has 0 spiro atoms. The maximum atomic E-state index is 13.9. The van der Waals surface area contributed by atoms with Crippen molar-refractivity contribution in [1.82, 2.24) is 4.98 Å². The highest BCUT2D eigenvalue weighted by Gasteiger charge is 2.15. The van der Waals surface area contributed by atoms with Crippen LogP contribution in [-0.4, -0.2) is 4.98 Å². The second kappa shape index (κ2) is 4.52. The van der Waals surface area contributed by atoms with E-state index in [1.807, 2.05) is 6.07 Å². The van der Waals surface area contributed by atoms with Gasteiger partial charge in [-0.15, -0.1) is 0 Å². The summed E-state index contributed by atoms with van der Waals surface area (Å²) in [7, 11) is 0. The van der Waals surface area contributed by atoms with E-state index in [1.165, 1.54) is 6.07 Å². The van der Waals surface area contributed by atoms with Gasteiger partial charge in [-0.25, -0.2) is 4.39 Å². The molecule has 0 aliphatic heterocycles. The van der Waals surface area contributed by atoms with Crippen LogP contribution in [0.25, 0.3) is 22.0 Å². The minimum atomic E-state index is -0.418. The number of hydrogen-bond donors (Lipinski definition) is 1. The van der Waals surface area contributed by atoms with E-state index in [0.29, 0.717) is 16.6 Å². The molecule has 0 amide bonds. The van der Waals surface area contributed by atoms with E-state index in [2.05, 4.69) is 4.98 Å². The van der Waals surface area contributed by atoms with Crippen molar-refractivity contribution >= 4 is 22.5 Å². The van der Waals surface area contributed by atoms with Crippen LogP contribution in [0.4, 0.5) is 4.39 Å². The normalized spacial score (nSPS) is 10.8. The van der Waals surface area contributed by atoms with E-state index in [1.54, 1.807) is 36.4 Å². The Morgan fingerprint density at radius 1 is 1.00 bits per heavy atom. The van der Waals surface area contributed by atoms with Crippen LogP contribution in [-0.2, 0) is 0 Å². The van der Waals surface area contributed by atoms with E-state index in [-0.39, 0.29) is 5.02 Å². The standard InChI is InChI=1S/C15H9ClFNO/c16-14-13(9-5-1-3-7-11(9)17)10-6-2-4-8-12(10)18-15(14)19/h1-8H,(H,18,19). The molecule has 19 heavy (non-hydrogen) atoms. The lowest BCUT2D eigenvalue weighted by Crippen LogP contribution is -2.08. The third-order valence-electron chi connectivity index (χ3n) is 3.01. The molecule has 0 radical (unpaired) electrons. The Balaban J connectivity index is 2.50. The van der Waals surface area contributed by atoms with E-state index >= 15 is 0 Å². The van der Waals surface area contributed by atoms with Gasteiger partial charge < -0.3 is 4.98 Å². The third-order valence-corrected chi connectivity index (χ3v) is 3.37. The number of H-pyrrole nitrogens is 1. The molecule has 1 aromatic heterocycles. The Labute approximate surface area is 113 Å². The SMILES string of the molecule is O=c1[nH]c2ccccc2c(-c2ccccc2F)c1Cl. The molecule has 0 fully saturated rings. The van der Waals surface area contributed by atoms with E-state index in [0.717, 1.165) is 5.39 Å². The molecule has 3 rings (SSSR count). The fourth-order valence-corrected chi connectivity index (χ4v) is 2.40. The first kappa shape index (κ1) is 11.9. The van der Waals surface area contributed by atoms with Crippen molar-refractivity contribution in [2.75, 3.05) is 0 Å². The molecule has 0 aliphatic rings. The molecule has 0 atom stereocenters. The third kappa shape index (κ3) is 1.92. The fraction of sp³-hybridized carbons (Fsp3) is 0. The van der Waals surface area contributed by atoms with Crippen LogP contribution in [0.15, 0.2) is 53.3 Å². The van der Waals surface area contributed by atoms with Crippen molar-refractivity contribution in [3.63, 3.8) is 0 Å². The highest BCUT2D eigenvalue weighted by molar-refractivity contribution is 6.34. The number of hydrogen-bond acceptors (Lipinski definition) is 1. The Kier molecular flexibility index (Phi) is 2.84. The number of rotatable bonds is 1. The summed E-state index contributed by atoms with van der Waals surface area (Å²) in [5, 5.41) is 0.723. The number of halogens is 2. The molecule has 0 saturated carbocycles. The summed E-state index contributed by atoms with van der Waals surface area (Å²) in [5.74, 6) is -0.403. The zero-order valence-corrected chi connectivity index (χ0v) is 10.5. The molecular weight excluding hydrogens is 265 g/mol. The predicted octanol–water partition coefficient (Wildman–Crippen LogP) is 3.99. The van der Waals surface area contributed by atoms with Gasteiger partial charge in [-0.3, -0.25) is 4.79 Å². The van der Waals surface area contributed by atoms with Crippen LogP contribution < -0.4 is 5.56 Å². The molecule has 3 aromatic rings. The van der Waals surface area contributed by atoms with Gasteiger partial charge in [0.25, 0.3) is 5.56 Å². The summed E-state index contributed by atoms with van der Waals surface area (Å²) in [4.78, 5) is 14.5. The molecule has 0 aliphatic carbocycles. The largest absolute Gasteiger partial charge is 0.321 e. The lowest BCUT2D eigenvalue weighted by Gasteiger charge is -2.09. The lowest BCUT2D eigenvalue weighted by atomic mass is 10.0. The molecule has 0 unspecified atom stereocenters. The molecule has 2 nitrogen and oxygen atoms in total. The number of pyridine rings is 1. The zero-order chi connectivity index (χ0) is 13.4. The lowest BCUT2D eigenvalue weighted by molar-refractivity contribution is 0.631. The Morgan fingerprint density at radius 2 is 1.68 bits per heavy atom. The summed E-state index contributed by atoms with van der Waals surface area (Å²) in [6.07, 6.45) is 0. The summed E-state index contributed by atoms with van der Waals surface area (Å²) < 4.78 is 13.9. The first-order chi connectivity index (χ1) is 9.18. The minimum Gasteiger partial charge on any atom is -0.321 e. The Bertz CT molecular complexity index is 826. The zero-order valence-electron chi connectivity index (χ0n) is 9.78. The average Bonchev–Trinajstić information content (AvgIpc) is 2.42. The van der Waals surface area contributed by atoms with Crippen LogP contribution in [0.1, 0.15) is 0 Å². The maximum absolute atomic E-state index is 13.9. The van der Waals surface area contributed by atoms with Crippen LogP contribution in [0, 0.1) is 5.82 Å². The smallest absolute Gasteiger partial charge is 0.267 e. The molecule has 2 aromatic carbocycles. The van der Waals surface area contributed by atoms with Crippen LogP contribution in [0.5, 0.6) is 0 Å². The summed E-state index contributed by atoms with van der Waals surface area (Å²) >= 11 is 6.07. The van der Waals surface area contributed by atoms with Gasteiger partial charge in [0.1, 0.15) is 10.8 Å². The van der Waals surface area contributed by atoms with Gasteiger partial charge in [0.15, 0.2) is 0 Å². The van der Waals surface area contributed by atoms with Crippen molar-refractivity contribution in [2.45, 2.75) is 0 Å². The van der Waals surface area contributed by atoms with Crippen molar-refractivity contribution in [2.24, 2.45) is 0 Å². The number of benzene rings is 2. The summed E-state index contributed by atoms with van der Waals surface area (Å²) in [6, 6.07) is 13.5.